The van der Waals surface area contributed by atoms with Crippen LogP contribution in [0, 0.1) is 0 Å². The number of para-hydroxylation sites is 1. The van der Waals surface area contributed by atoms with Crippen LogP contribution in [0.5, 0.6) is 0 Å². The Balaban J connectivity index is 2.44. The molecule has 0 saturated carbocycles. The molecule has 0 spiro atoms. The van der Waals surface area contributed by atoms with E-state index in [2.05, 4.69) is 98.6 Å². The lowest BCUT2D eigenvalue weighted by Crippen LogP contribution is -2.54. The Labute approximate surface area is 167 Å². The zero-order valence-electron chi connectivity index (χ0n) is 18.4. The van der Waals surface area contributed by atoms with E-state index in [0.717, 1.165) is 0 Å². The molecule has 1 heterocycles. The van der Waals surface area contributed by atoms with E-state index in [1.807, 2.05) is 0 Å². The topological polar surface area (TPSA) is 43.3 Å². The third kappa shape index (κ3) is 6.17. The maximum atomic E-state index is 13.0. The van der Waals surface area contributed by atoms with Gasteiger partial charge < -0.3 is 13.6 Å². The summed E-state index contributed by atoms with van der Waals surface area (Å²) in [6.45, 7) is 19.9. The van der Waals surface area contributed by atoms with Gasteiger partial charge >= 0.3 is 5.97 Å². The summed E-state index contributed by atoms with van der Waals surface area (Å²) in [5, 5.41) is 1.25. The van der Waals surface area contributed by atoms with Gasteiger partial charge in [0.25, 0.3) is 0 Å². The van der Waals surface area contributed by atoms with Crippen molar-refractivity contribution in [2.75, 3.05) is 0 Å². The van der Waals surface area contributed by atoms with Crippen LogP contribution < -0.4 is 4.98 Å². The fourth-order valence-corrected chi connectivity index (χ4v) is 6.75. The van der Waals surface area contributed by atoms with Crippen molar-refractivity contribution in [1.29, 1.82) is 0 Å². The third-order valence-electron chi connectivity index (χ3n) is 4.24. The molecule has 0 saturated heterocycles. The smallest absolute Gasteiger partial charge is 0.309 e. The second-order valence-corrected chi connectivity index (χ2v) is 24.4. The SMILES string of the molecule is C[Si](C)(C)N[C@@H](Cc1cn([Si](C)(C)C)c2ccccc12)C(=O)O[Si](C)(C)C. The highest BCUT2D eigenvalue weighted by Gasteiger charge is 2.31. The van der Waals surface area contributed by atoms with Crippen LogP contribution in [0.15, 0.2) is 30.5 Å². The van der Waals surface area contributed by atoms with E-state index in [1.165, 1.54) is 16.5 Å². The number of carbonyl (C=O) groups is 1. The number of carbonyl (C=O) groups excluding carboxylic acids is 1. The summed E-state index contributed by atoms with van der Waals surface area (Å²) in [5.41, 5.74) is 2.51. The molecule has 1 aromatic heterocycles. The van der Waals surface area contributed by atoms with Crippen LogP contribution in [0.4, 0.5) is 0 Å². The van der Waals surface area contributed by atoms with Crippen molar-refractivity contribution in [3.8, 4) is 0 Å². The van der Waals surface area contributed by atoms with Crippen molar-refractivity contribution >= 4 is 41.7 Å². The van der Waals surface area contributed by atoms with Gasteiger partial charge in [0, 0.05) is 10.9 Å². The van der Waals surface area contributed by atoms with Crippen LogP contribution in [-0.2, 0) is 15.6 Å². The lowest BCUT2D eigenvalue weighted by atomic mass is 10.1. The minimum absolute atomic E-state index is 0.0959. The normalized spacial score (nSPS) is 14.4. The van der Waals surface area contributed by atoms with Crippen molar-refractivity contribution < 1.29 is 9.22 Å². The van der Waals surface area contributed by atoms with E-state index in [-0.39, 0.29) is 12.0 Å². The summed E-state index contributed by atoms with van der Waals surface area (Å²) in [6.07, 6.45) is 2.95. The monoisotopic (exact) mass is 420 g/mol. The Morgan fingerprint density at radius 3 is 2.15 bits per heavy atom. The summed E-state index contributed by atoms with van der Waals surface area (Å²) in [6, 6.07) is 8.26. The molecule has 0 bridgehead atoms. The summed E-state index contributed by atoms with van der Waals surface area (Å²) in [5.74, 6) is -0.0959. The maximum Gasteiger partial charge on any atom is 0.309 e. The van der Waals surface area contributed by atoms with Crippen LogP contribution in [0.25, 0.3) is 10.9 Å². The van der Waals surface area contributed by atoms with E-state index in [1.54, 1.807) is 0 Å². The molecule has 0 amide bonds. The summed E-state index contributed by atoms with van der Waals surface area (Å²) < 4.78 is 8.32. The Bertz CT molecular complexity index is 811. The average molecular weight is 421 g/mol. The number of nitrogens with zero attached hydrogens (tertiary/aromatic N) is 1. The fourth-order valence-electron chi connectivity index (χ4n) is 3.28. The number of rotatable bonds is 7. The van der Waals surface area contributed by atoms with Gasteiger partial charge in [0.2, 0.25) is 8.32 Å². The summed E-state index contributed by atoms with van der Waals surface area (Å²) >= 11 is 0. The molecule has 1 aromatic carbocycles. The van der Waals surface area contributed by atoms with E-state index in [4.69, 9.17) is 4.43 Å². The zero-order chi connectivity index (χ0) is 20.6. The predicted octanol–water partition coefficient (Wildman–Crippen LogP) is 5.04. The Morgan fingerprint density at radius 1 is 1.04 bits per heavy atom. The number of benzene rings is 1. The molecule has 2 aromatic rings. The number of aromatic nitrogens is 1. The summed E-state index contributed by atoms with van der Waals surface area (Å²) in [7, 11) is -5.11. The van der Waals surface area contributed by atoms with Gasteiger partial charge in [-0.25, -0.2) is 0 Å². The standard InChI is InChI=1S/C20H36N2O2Si3/c1-25(2,3)21-18(20(23)24-27(7,8)9)14-16-15-22(26(4,5)6)19-13-11-10-12-17(16)19/h10-13,15,18,21H,14H2,1-9H3/t18-/m0/s1. The van der Waals surface area contributed by atoms with Gasteiger partial charge in [-0.15, -0.1) is 0 Å². The van der Waals surface area contributed by atoms with Crippen molar-refractivity contribution in [2.45, 2.75) is 71.4 Å². The Kier molecular flexibility index (Phi) is 6.31. The highest BCUT2D eigenvalue weighted by Crippen LogP contribution is 2.26. The van der Waals surface area contributed by atoms with Gasteiger partial charge in [0.05, 0.1) is 0 Å². The van der Waals surface area contributed by atoms with Crippen LogP contribution >= 0.6 is 0 Å². The molecule has 0 unspecified atom stereocenters. The van der Waals surface area contributed by atoms with Gasteiger partial charge in [-0.3, -0.25) is 4.79 Å². The first-order valence-electron chi connectivity index (χ1n) is 9.77. The number of hydrogen-bond acceptors (Lipinski definition) is 3. The molecular formula is C20H36N2O2Si3. The van der Waals surface area contributed by atoms with Gasteiger partial charge in [-0.05, 0) is 43.9 Å². The maximum absolute atomic E-state index is 13.0. The second kappa shape index (κ2) is 7.69. The molecule has 0 aliphatic carbocycles. The molecule has 150 valence electrons. The molecule has 7 heteroatoms. The number of nitrogens with one attached hydrogen (secondary N) is 1. The van der Waals surface area contributed by atoms with Gasteiger partial charge in [0.1, 0.15) is 14.3 Å². The quantitative estimate of drug-likeness (QED) is 0.638. The molecule has 1 atom stereocenters. The van der Waals surface area contributed by atoms with Crippen LogP contribution in [0.2, 0.25) is 58.9 Å². The van der Waals surface area contributed by atoms with E-state index in [0.29, 0.717) is 6.42 Å². The second-order valence-electron chi connectivity index (χ2n) is 10.4. The minimum Gasteiger partial charge on any atom is -0.519 e. The first kappa shape index (κ1) is 22.1. The first-order valence-corrected chi connectivity index (χ1v) is 20.1. The molecule has 0 fully saturated rings. The van der Waals surface area contributed by atoms with Crippen LogP contribution in [0.1, 0.15) is 5.56 Å². The molecular weight excluding hydrogens is 384 g/mol. The summed E-state index contributed by atoms with van der Waals surface area (Å²) in [4.78, 5) is 16.6. The molecule has 0 aliphatic rings. The molecule has 27 heavy (non-hydrogen) atoms. The number of fused-ring (bicyclic) bond motifs is 1. The van der Waals surface area contributed by atoms with E-state index < -0.39 is 24.8 Å². The molecule has 2 rings (SSSR count). The fraction of sp³-hybridized carbons (Fsp3) is 0.550. The van der Waals surface area contributed by atoms with Crippen molar-refractivity contribution in [3.05, 3.63) is 36.0 Å². The van der Waals surface area contributed by atoms with Gasteiger partial charge in [-0.1, -0.05) is 57.5 Å². The number of hydrogen-bond donors (Lipinski definition) is 1. The molecule has 1 N–H and O–H groups in total. The molecule has 0 radical (unpaired) electrons. The van der Waals surface area contributed by atoms with E-state index in [9.17, 15) is 4.79 Å². The zero-order valence-corrected chi connectivity index (χ0v) is 21.4. The lowest BCUT2D eigenvalue weighted by Gasteiger charge is -2.28. The highest BCUT2D eigenvalue weighted by molar-refractivity contribution is 6.75. The highest BCUT2D eigenvalue weighted by atomic mass is 28.4. The van der Waals surface area contributed by atoms with Gasteiger partial charge in [-0.2, -0.15) is 0 Å². The van der Waals surface area contributed by atoms with Crippen LogP contribution in [-0.4, -0.2) is 41.0 Å². The third-order valence-corrected chi connectivity index (χ3v) is 8.08. The minimum atomic E-state index is -1.93. The molecule has 4 nitrogen and oxygen atoms in total. The molecule has 0 aliphatic heterocycles. The lowest BCUT2D eigenvalue weighted by molar-refractivity contribution is -0.137. The van der Waals surface area contributed by atoms with Crippen molar-refractivity contribution in [3.63, 3.8) is 0 Å². The van der Waals surface area contributed by atoms with Gasteiger partial charge in [0.15, 0.2) is 8.24 Å². The van der Waals surface area contributed by atoms with Crippen molar-refractivity contribution in [2.24, 2.45) is 0 Å². The van der Waals surface area contributed by atoms with Crippen LogP contribution in [0.3, 0.4) is 0 Å². The average Bonchev–Trinajstić information content (AvgIpc) is 2.82. The first-order chi connectivity index (χ1) is 12.2. The Morgan fingerprint density at radius 2 is 1.63 bits per heavy atom. The predicted molar refractivity (Wildman–Crippen MR) is 124 cm³/mol. The Hall–Kier alpha value is -1.16. The largest absolute Gasteiger partial charge is 0.519 e. The van der Waals surface area contributed by atoms with Crippen molar-refractivity contribution in [1.82, 2.24) is 9.22 Å². The van der Waals surface area contributed by atoms with E-state index >= 15 is 0 Å².